The molecule has 1 aromatic heterocycles. The highest BCUT2D eigenvalue weighted by atomic mass is 32.1. The molecule has 6 heteroatoms. The zero-order chi connectivity index (χ0) is 18.5. The largest absolute Gasteiger partial charge is 0.497 e. The van der Waals surface area contributed by atoms with Crippen LogP contribution in [0.4, 0.5) is 0 Å². The van der Waals surface area contributed by atoms with Gasteiger partial charge in [-0.3, -0.25) is 9.59 Å². The summed E-state index contributed by atoms with van der Waals surface area (Å²) in [6.45, 7) is 3.05. The van der Waals surface area contributed by atoms with Crippen LogP contribution in [0.5, 0.6) is 5.75 Å². The molecule has 1 aromatic carbocycles. The van der Waals surface area contributed by atoms with Gasteiger partial charge in [0.25, 0.3) is 0 Å². The molecule has 0 radical (unpaired) electrons. The number of thiophene rings is 1. The molecule has 26 heavy (non-hydrogen) atoms. The van der Waals surface area contributed by atoms with E-state index < -0.39 is 6.04 Å². The Morgan fingerprint density at radius 2 is 2.04 bits per heavy atom. The summed E-state index contributed by atoms with van der Waals surface area (Å²) in [5, 5.41) is 4.81. The number of hydrogen-bond donors (Lipinski definition) is 1. The minimum atomic E-state index is -0.553. The average molecular weight is 370 g/mol. The van der Waals surface area contributed by atoms with Crippen molar-refractivity contribution in [3.05, 3.63) is 57.8 Å². The second kappa shape index (κ2) is 8.19. The zero-order valence-corrected chi connectivity index (χ0v) is 15.7. The fourth-order valence-corrected chi connectivity index (χ4v) is 3.81. The quantitative estimate of drug-likeness (QED) is 0.824. The van der Waals surface area contributed by atoms with E-state index in [0.717, 1.165) is 17.7 Å². The summed E-state index contributed by atoms with van der Waals surface area (Å²) in [4.78, 5) is 27.9. The lowest BCUT2D eigenvalue weighted by Gasteiger charge is -2.29. The molecule has 5 nitrogen and oxygen atoms in total. The van der Waals surface area contributed by atoms with Crippen molar-refractivity contribution in [3.8, 4) is 5.75 Å². The van der Waals surface area contributed by atoms with Gasteiger partial charge in [-0.15, -0.1) is 11.3 Å². The Morgan fingerprint density at radius 1 is 1.27 bits per heavy atom. The maximum absolute atomic E-state index is 12.6. The van der Waals surface area contributed by atoms with Gasteiger partial charge in [0.15, 0.2) is 0 Å². The van der Waals surface area contributed by atoms with Crippen LogP contribution in [-0.4, -0.2) is 36.4 Å². The van der Waals surface area contributed by atoms with E-state index in [4.69, 9.17) is 4.74 Å². The molecule has 2 aromatic rings. The number of nitrogens with one attached hydrogen (secondary N) is 1. The first-order valence-electron chi connectivity index (χ1n) is 8.53. The predicted molar refractivity (Wildman–Crippen MR) is 103 cm³/mol. The van der Waals surface area contributed by atoms with E-state index in [2.05, 4.69) is 16.8 Å². The first-order chi connectivity index (χ1) is 12.6. The number of ether oxygens (including phenoxy) is 1. The summed E-state index contributed by atoms with van der Waals surface area (Å²) in [5.74, 6) is 0.434. The van der Waals surface area contributed by atoms with Gasteiger partial charge in [0.05, 0.1) is 7.11 Å². The summed E-state index contributed by atoms with van der Waals surface area (Å²) in [7, 11) is 1.61. The third kappa shape index (κ3) is 4.32. The highest BCUT2D eigenvalue weighted by molar-refractivity contribution is 7.10. The monoisotopic (exact) mass is 370 g/mol. The SMILES string of the molecule is COc1ccc(/C=C/C(=O)NC(C)C(=O)N2CCc3sccc3C2)cc1. The number of amides is 2. The number of hydrogen-bond acceptors (Lipinski definition) is 4. The fourth-order valence-electron chi connectivity index (χ4n) is 2.92. The molecule has 1 N–H and O–H groups in total. The van der Waals surface area contributed by atoms with E-state index in [-0.39, 0.29) is 11.8 Å². The van der Waals surface area contributed by atoms with E-state index in [1.807, 2.05) is 29.2 Å². The highest BCUT2D eigenvalue weighted by Crippen LogP contribution is 2.24. The van der Waals surface area contributed by atoms with E-state index >= 15 is 0 Å². The Bertz CT molecular complexity index is 811. The molecule has 0 aliphatic carbocycles. The third-order valence-corrected chi connectivity index (χ3v) is 5.41. The van der Waals surface area contributed by atoms with Gasteiger partial charge in [-0.1, -0.05) is 12.1 Å². The van der Waals surface area contributed by atoms with Crippen LogP contribution in [0, 0.1) is 0 Å². The van der Waals surface area contributed by atoms with Crippen LogP contribution < -0.4 is 10.1 Å². The molecule has 1 unspecified atom stereocenters. The maximum atomic E-state index is 12.6. The van der Waals surface area contributed by atoms with Gasteiger partial charge in [0, 0.05) is 24.0 Å². The summed E-state index contributed by atoms with van der Waals surface area (Å²) < 4.78 is 5.10. The number of carbonyl (C=O) groups is 2. The standard InChI is InChI=1S/C20H22N2O3S/c1-14(20(24)22-11-9-18-16(13-22)10-12-26-18)21-19(23)8-5-15-3-6-17(25-2)7-4-15/h3-8,10,12,14H,9,11,13H2,1-2H3,(H,21,23)/b8-5+. The van der Waals surface area contributed by atoms with Gasteiger partial charge in [0.2, 0.25) is 11.8 Å². The van der Waals surface area contributed by atoms with Crippen LogP contribution in [0.15, 0.2) is 41.8 Å². The topological polar surface area (TPSA) is 58.6 Å². The number of fused-ring (bicyclic) bond motifs is 1. The lowest BCUT2D eigenvalue weighted by Crippen LogP contribution is -2.47. The molecule has 0 saturated heterocycles. The molecule has 0 fully saturated rings. The van der Waals surface area contributed by atoms with Crippen molar-refractivity contribution in [1.29, 1.82) is 0 Å². The van der Waals surface area contributed by atoms with Crippen molar-refractivity contribution in [1.82, 2.24) is 10.2 Å². The van der Waals surface area contributed by atoms with Crippen molar-refractivity contribution >= 4 is 29.2 Å². The van der Waals surface area contributed by atoms with Gasteiger partial charge in [-0.05, 0) is 54.1 Å². The summed E-state index contributed by atoms with van der Waals surface area (Å²) in [5.41, 5.74) is 2.11. The lowest BCUT2D eigenvalue weighted by atomic mass is 10.1. The highest BCUT2D eigenvalue weighted by Gasteiger charge is 2.25. The van der Waals surface area contributed by atoms with Crippen molar-refractivity contribution in [2.75, 3.05) is 13.7 Å². The second-order valence-corrected chi connectivity index (χ2v) is 7.22. The van der Waals surface area contributed by atoms with Gasteiger partial charge >= 0.3 is 0 Å². The molecule has 0 spiro atoms. The fraction of sp³-hybridized carbons (Fsp3) is 0.300. The van der Waals surface area contributed by atoms with Crippen molar-refractivity contribution < 1.29 is 14.3 Å². The molecule has 3 rings (SSSR count). The Hall–Kier alpha value is -2.60. The maximum Gasteiger partial charge on any atom is 0.245 e. The minimum absolute atomic E-state index is 0.0481. The van der Waals surface area contributed by atoms with Crippen molar-refractivity contribution in [3.63, 3.8) is 0 Å². The normalized spacial score (nSPS) is 14.8. The van der Waals surface area contributed by atoms with Gasteiger partial charge in [-0.25, -0.2) is 0 Å². The first kappa shape index (κ1) is 18.2. The molecule has 136 valence electrons. The van der Waals surface area contributed by atoms with Crippen LogP contribution in [0.25, 0.3) is 6.08 Å². The van der Waals surface area contributed by atoms with Crippen LogP contribution in [-0.2, 0) is 22.6 Å². The number of nitrogens with zero attached hydrogens (tertiary/aromatic N) is 1. The molecule has 1 atom stereocenters. The predicted octanol–water partition coefficient (Wildman–Crippen LogP) is 2.86. The summed E-state index contributed by atoms with van der Waals surface area (Å²) in [6.07, 6.45) is 4.04. The molecule has 0 bridgehead atoms. The van der Waals surface area contributed by atoms with E-state index in [9.17, 15) is 9.59 Å². The molecule has 2 heterocycles. The average Bonchev–Trinajstić information content (AvgIpc) is 3.13. The molecular formula is C20H22N2O3S. The zero-order valence-electron chi connectivity index (χ0n) is 14.9. The van der Waals surface area contributed by atoms with Crippen molar-refractivity contribution in [2.24, 2.45) is 0 Å². The molecule has 1 aliphatic heterocycles. The number of methoxy groups -OCH3 is 1. The van der Waals surface area contributed by atoms with E-state index in [0.29, 0.717) is 13.1 Å². The van der Waals surface area contributed by atoms with Crippen molar-refractivity contribution in [2.45, 2.75) is 25.9 Å². The number of rotatable bonds is 5. The number of benzene rings is 1. The second-order valence-electron chi connectivity index (χ2n) is 6.22. The first-order valence-corrected chi connectivity index (χ1v) is 9.41. The molecular weight excluding hydrogens is 348 g/mol. The van der Waals surface area contributed by atoms with Gasteiger partial charge < -0.3 is 15.0 Å². The third-order valence-electron chi connectivity index (χ3n) is 4.39. The van der Waals surface area contributed by atoms with Crippen LogP contribution >= 0.6 is 11.3 Å². The molecule has 1 aliphatic rings. The van der Waals surface area contributed by atoms with Crippen LogP contribution in [0.3, 0.4) is 0 Å². The Kier molecular flexibility index (Phi) is 5.73. The van der Waals surface area contributed by atoms with Crippen LogP contribution in [0.1, 0.15) is 22.9 Å². The lowest BCUT2D eigenvalue weighted by molar-refractivity contribution is -0.135. The van der Waals surface area contributed by atoms with E-state index in [1.165, 1.54) is 16.5 Å². The minimum Gasteiger partial charge on any atom is -0.497 e. The summed E-state index contributed by atoms with van der Waals surface area (Å²) in [6, 6.07) is 8.91. The van der Waals surface area contributed by atoms with Crippen LogP contribution in [0.2, 0.25) is 0 Å². The van der Waals surface area contributed by atoms with Gasteiger partial charge in [0.1, 0.15) is 11.8 Å². The van der Waals surface area contributed by atoms with E-state index in [1.54, 1.807) is 31.4 Å². The Morgan fingerprint density at radius 3 is 2.77 bits per heavy atom. The molecule has 2 amide bonds. The van der Waals surface area contributed by atoms with Gasteiger partial charge in [-0.2, -0.15) is 0 Å². The summed E-state index contributed by atoms with van der Waals surface area (Å²) >= 11 is 1.74. The number of carbonyl (C=O) groups excluding carboxylic acids is 2. The molecule has 0 saturated carbocycles. The Balaban J connectivity index is 1.53. The smallest absolute Gasteiger partial charge is 0.245 e. The Labute approximate surface area is 157 Å².